The highest BCUT2D eigenvalue weighted by Crippen LogP contribution is 2.27. The molecule has 1 aromatic heterocycles. The molecule has 0 spiro atoms. The van der Waals surface area contributed by atoms with Gasteiger partial charge in [-0.15, -0.1) is 0 Å². The van der Waals surface area contributed by atoms with E-state index >= 15 is 0 Å². The van der Waals surface area contributed by atoms with E-state index in [1.165, 1.54) is 19.1 Å². The molecule has 0 amide bonds. The first-order valence-electron chi connectivity index (χ1n) is 9.20. The Bertz CT molecular complexity index is 800. The van der Waals surface area contributed by atoms with Crippen LogP contribution in [0.3, 0.4) is 0 Å². The lowest BCUT2D eigenvalue weighted by Crippen LogP contribution is -2.47. The number of anilines is 2. The van der Waals surface area contributed by atoms with Gasteiger partial charge in [0.05, 0.1) is 30.8 Å². The number of rotatable bonds is 4. The molecule has 0 atom stereocenters. The number of esters is 1. The van der Waals surface area contributed by atoms with Crippen LogP contribution in [0.4, 0.5) is 11.6 Å². The SMILES string of the molecule is CCC1CN(c2ncc(N3CCc4ccc(C(=O)OC)cc4C3)cn2)C1. The van der Waals surface area contributed by atoms with Gasteiger partial charge >= 0.3 is 5.97 Å². The van der Waals surface area contributed by atoms with Crippen LogP contribution in [0.1, 0.15) is 34.8 Å². The predicted molar refractivity (Wildman–Crippen MR) is 101 cm³/mol. The number of methoxy groups -OCH3 is 1. The van der Waals surface area contributed by atoms with Crippen molar-refractivity contribution in [1.29, 1.82) is 0 Å². The van der Waals surface area contributed by atoms with Gasteiger partial charge in [-0.1, -0.05) is 13.0 Å². The second-order valence-corrected chi connectivity index (χ2v) is 7.07. The first-order valence-corrected chi connectivity index (χ1v) is 9.20. The van der Waals surface area contributed by atoms with Crippen LogP contribution in [0.2, 0.25) is 0 Å². The fourth-order valence-corrected chi connectivity index (χ4v) is 3.65. The summed E-state index contributed by atoms with van der Waals surface area (Å²) in [5.41, 5.74) is 4.08. The summed E-state index contributed by atoms with van der Waals surface area (Å²) in [4.78, 5) is 25.4. The minimum absolute atomic E-state index is 0.294. The predicted octanol–water partition coefficient (Wildman–Crippen LogP) is 2.67. The first-order chi connectivity index (χ1) is 12.7. The molecule has 0 saturated carbocycles. The summed E-state index contributed by atoms with van der Waals surface area (Å²) in [6.07, 6.45) is 5.99. The fraction of sp³-hybridized carbons (Fsp3) is 0.450. The van der Waals surface area contributed by atoms with Crippen molar-refractivity contribution in [2.24, 2.45) is 5.92 Å². The molecule has 0 bridgehead atoms. The molecule has 2 aromatic rings. The molecule has 0 aliphatic carbocycles. The molecular formula is C20H24N4O2. The number of hydrogen-bond acceptors (Lipinski definition) is 6. The average molecular weight is 352 g/mol. The van der Waals surface area contributed by atoms with Crippen molar-refractivity contribution in [2.45, 2.75) is 26.3 Å². The smallest absolute Gasteiger partial charge is 0.337 e. The summed E-state index contributed by atoms with van der Waals surface area (Å²) in [7, 11) is 1.41. The Morgan fingerprint density at radius 2 is 1.96 bits per heavy atom. The first kappa shape index (κ1) is 16.8. The molecule has 1 saturated heterocycles. The number of carbonyl (C=O) groups is 1. The van der Waals surface area contributed by atoms with Crippen LogP contribution < -0.4 is 9.80 Å². The molecule has 0 unspecified atom stereocenters. The molecular weight excluding hydrogens is 328 g/mol. The maximum atomic E-state index is 11.8. The van der Waals surface area contributed by atoms with Crippen molar-refractivity contribution >= 4 is 17.6 Å². The summed E-state index contributed by atoms with van der Waals surface area (Å²) in [5.74, 6) is 1.31. The van der Waals surface area contributed by atoms with Gasteiger partial charge in [-0.25, -0.2) is 14.8 Å². The molecule has 0 radical (unpaired) electrons. The molecule has 0 N–H and O–H groups in total. The third-order valence-corrected chi connectivity index (χ3v) is 5.45. The topological polar surface area (TPSA) is 58.6 Å². The van der Waals surface area contributed by atoms with E-state index < -0.39 is 0 Å². The Hall–Kier alpha value is -2.63. The van der Waals surface area contributed by atoms with Crippen LogP contribution in [0.5, 0.6) is 0 Å². The van der Waals surface area contributed by atoms with Crippen molar-refractivity contribution in [3.63, 3.8) is 0 Å². The highest BCUT2D eigenvalue weighted by molar-refractivity contribution is 5.89. The summed E-state index contributed by atoms with van der Waals surface area (Å²) in [6.45, 7) is 6.03. The largest absolute Gasteiger partial charge is 0.465 e. The molecule has 2 aliphatic heterocycles. The van der Waals surface area contributed by atoms with E-state index in [-0.39, 0.29) is 5.97 Å². The molecule has 1 fully saturated rings. The third-order valence-electron chi connectivity index (χ3n) is 5.45. The maximum Gasteiger partial charge on any atom is 0.337 e. The number of nitrogens with zero attached hydrogens (tertiary/aromatic N) is 4. The molecule has 2 aliphatic rings. The standard InChI is InChI=1S/C20H24N4O2/c1-3-14-11-24(12-14)20-21-9-18(10-22-20)23-7-6-15-4-5-16(19(25)26-2)8-17(15)13-23/h4-5,8-10,14H,3,6-7,11-13H2,1-2H3. The summed E-state index contributed by atoms with van der Waals surface area (Å²) in [5, 5.41) is 0. The normalized spacial score (nSPS) is 16.8. The molecule has 3 heterocycles. The number of fused-ring (bicyclic) bond motifs is 1. The number of carbonyl (C=O) groups excluding carboxylic acids is 1. The fourth-order valence-electron chi connectivity index (χ4n) is 3.65. The Morgan fingerprint density at radius 3 is 2.65 bits per heavy atom. The Balaban J connectivity index is 1.47. The number of ether oxygens (including phenoxy) is 1. The number of aromatic nitrogens is 2. The van der Waals surface area contributed by atoms with E-state index in [1.54, 1.807) is 0 Å². The minimum atomic E-state index is -0.294. The van der Waals surface area contributed by atoms with Crippen LogP contribution in [0.25, 0.3) is 0 Å². The highest BCUT2D eigenvalue weighted by atomic mass is 16.5. The molecule has 6 heteroatoms. The molecule has 4 rings (SSSR count). The van der Waals surface area contributed by atoms with Gasteiger partial charge in [0, 0.05) is 26.2 Å². The Labute approximate surface area is 153 Å². The van der Waals surface area contributed by atoms with Gasteiger partial charge < -0.3 is 14.5 Å². The second-order valence-electron chi connectivity index (χ2n) is 7.07. The molecule has 136 valence electrons. The van der Waals surface area contributed by atoms with Gasteiger partial charge in [0.15, 0.2) is 0 Å². The number of hydrogen-bond donors (Lipinski definition) is 0. The van der Waals surface area contributed by atoms with Gasteiger partial charge in [-0.05, 0) is 42.0 Å². The van der Waals surface area contributed by atoms with E-state index in [0.29, 0.717) is 5.56 Å². The number of benzene rings is 1. The Kier molecular flexibility index (Phi) is 4.49. The van der Waals surface area contributed by atoms with Crippen LogP contribution in [-0.4, -0.2) is 42.7 Å². The van der Waals surface area contributed by atoms with Crippen LogP contribution >= 0.6 is 0 Å². The van der Waals surface area contributed by atoms with E-state index in [1.807, 2.05) is 30.6 Å². The van der Waals surface area contributed by atoms with Crippen molar-refractivity contribution in [1.82, 2.24) is 9.97 Å². The van der Waals surface area contributed by atoms with Crippen molar-refractivity contribution in [3.05, 3.63) is 47.3 Å². The highest BCUT2D eigenvalue weighted by Gasteiger charge is 2.27. The maximum absolute atomic E-state index is 11.8. The van der Waals surface area contributed by atoms with E-state index in [0.717, 1.165) is 55.7 Å². The van der Waals surface area contributed by atoms with Crippen LogP contribution in [0, 0.1) is 5.92 Å². The van der Waals surface area contributed by atoms with Gasteiger partial charge in [-0.2, -0.15) is 0 Å². The van der Waals surface area contributed by atoms with E-state index in [4.69, 9.17) is 4.74 Å². The van der Waals surface area contributed by atoms with Gasteiger partial charge in [0.25, 0.3) is 0 Å². The lowest BCUT2D eigenvalue weighted by atomic mass is 9.97. The van der Waals surface area contributed by atoms with Crippen molar-refractivity contribution < 1.29 is 9.53 Å². The van der Waals surface area contributed by atoms with Crippen LogP contribution in [0.15, 0.2) is 30.6 Å². The van der Waals surface area contributed by atoms with Gasteiger partial charge in [0.2, 0.25) is 5.95 Å². The average Bonchev–Trinajstić information content (AvgIpc) is 2.66. The minimum Gasteiger partial charge on any atom is -0.465 e. The second kappa shape index (κ2) is 6.94. The lowest BCUT2D eigenvalue weighted by molar-refractivity contribution is 0.0600. The quantitative estimate of drug-likeness (QED) is 0.789. The third kappa shape index (κ3) is 3.11. The molecule has 1 aromatic carbocycles. The van der Waals surface area contributed by atoms with Crippen LogP contribution in [-0.2, 0) is 17.7 Å². The molecule has 26 heavy (non-hydrogen) atoms. The van der Waals surface area contributed by atoms with E-state index in [9.17, 15) is 4.79 Å². The summed E-state index contributed by atoms with van der Waals surface area (Å²) in [6, 6.07) is 5.81. The van der Waals surface area contributed by atoms with E-state index in [2.05, 4.69) is 26.7 Å². The van der Waals surface area contributed by atoms with Crippen molar-refractivity contribution in [3.8, 4) is 0 Å². The molecule has 6 nitrogen and oxygen atoms in total. The summed E-state index contributed by atoms with van der Waals surface area (Å²) >= 11 is 0. The lowest BCUT2D eigenvalue weighted by Gasteiger charge is -2.39. The van der Waals surface area contributed by atoms with Crippen molar-refractivity contribution in [2.75, 3.05) is 36.5 Å². The summed E-state index contributed by atoms with van der Waals surface area (Å²) < 4.78 is 4.83. The zero-order chi connectivity index (χ0) is 18.1. The zero-order valence-electron chi connectivity index (χ0n) is 15.3. The zero-order valence-corrected chi connectivity index (χ0v) is 15.3. The Morgan fingerprint density at radius 1 is 1.19 bits per heavy atom. The van der Waals surface area contributed by atoms with Gasteiger partial charge in [-0.3, -0.25) is 0 Å². The monoisotopic (exact) mass is 352 g/mol. The van der Waals surface area contributed by atoms with Gasteiger partial charge in [0.1, 0.15) is 0 Å².